The summed E-state index contributed by atoms with van der Waals surface area (Å²) in [5.74, 6) is 2.83. The maximum absolute atomic E-state index is 12.6. The summed E-state index contributed by atoms with van der Waals surface area (Å²) >= 11 is 1.35. The first-order chi connectivity index (χ1) is 14.9. The highest BCUT2D eigenvalue weighted by atomic mass is 32.1. The lowest BCUT2D eigenvalue weighted by Crippen LogP contribution is -2.55. The third kappa shape index (κ3) is 4.01. The van der Waals surface area contributed by atoms with E-state index < -0.39 is 0 Å². The number of aromatic nitrogens is 2. The van der Waals surface area contributed by atoms with Crippen molar-refractivity contribution in [3.05, 3.63) is 32.3 Å². The molecule has 2 aromatic rings. The fourth-order valence-electron chi connectivity index (χ4n) is 7.08. The predicted molar refractivity (Wildman–Crippen MR) is 123 cm³/mol. The third-order valence-electron chi connectivity index (χ3n) is 8.26. The molecule has 7 heteroatoms. The van der Waals surface area contributed by atoms with Crippen molar-refractivity contribution >= 4 is 27.5 Å². The average Bonchev–Trinajstić information content (AvgIpc) is 3.17. The van der Waals surface area contributed by atoms with Crippen molar-refractivity contribution < 1.29 is 4.79 Å². The van der Waals surface area contributed by atoms with Crippen molar-refractivity contribution in [1.29, 1.82) is 0 Å². The number of nitrogens with zero attached hydrogens (tertiary/aromatic N) is 1. The van der Waals surface area contributed by atoms with Gasteiger partial charge in [0.2, 0.25) is 5.91 Å². The molecule has 168 valence electrons. The fraction of sp³-hybridized carbons (Fsp3) is 0.708. The van der Waals surface area contributed by atoms with Gasteiger partial charge in [0.25, 0.3) is 5.56 Å². The van der Waals surface area contributed by atoms with Gasteiger partial charge in [-0.25, -0.2) is 4.79 Å². The van der Waals surface area contributed by atoms with Crippen LogP contribution >= 0.6 is 11.3 Å². The molecule has 2 aromatic heterocycles. The minimum Gasteiger partial charge on any atom is -0.353 e. The number of hydrogen-bond donors (Lipinski definition) is 2. The number of fused-ring (bicyclic) bond motifs is 1. The third-order valence-corrected chi connectivity index (χ3v) is 9.16. The molecule has 4 saturated carbocycles. The van der Waals surface area contributed by atoms with Crippen LogP contribution in [0.4, 0.5) is 0 Å². The lowest BCUT2D eigenvalue weighted by Gasteiger charge is -2.59. The predicted octanol–water partition coefficient (Wildman–Crippen LogP) is 4.03. The number of rotatable bonds is 8. The molecule has 0 radical (unpaired) electrons. The van der Waals surface area contributed by atoms with Gasteiger partial charge >= 0.3 is 5.69 Å². The maximum atomic E-state index is 12.6. The lowest BCUT2D eigenvalue weighted by molar-refractivity contribution is -0.126. The molecule has 6 nitrogen and oxygen atoms in total. The van der Waals surface area contributed by atoms with Gasteiger partial charge in [-0.3, -0.25) is 14.2 Å². The van der Waals surface area contributed by atoms with E-state index in [1.807, 2.05) is 5.38 Å². The van der Waals surface area contributed by atoms with Crippen LogP contribution in [0, 0.1) is 23.2 Å². The molecule has 4 aliphatic carbocycles. The van der Waals surface area contributed by atoms with Crippen LogP contribution in [0.5, 0.6) is 0 Å². The Balaban J connectivity index is 1.08. The summed E-state index contributed by atoms with van der Waals surface area (Å²) in [5.41, 5.74) is 0.391. The minimum atomic E-state index is -0.349. The Morgan fingerprint density at radius 1 is 1.16 bits per heavy atom. The zero-order valence-corrected chi connectivity index (χ0v) is 19.1. The first-order valence-corrected chi connectivity index (χ1v) is 12.8. The summed E-state index contributed by atoms with van der Waals surface area (Å²) < 4.78 is 1.88. The Hall–Kier alpha value is -1.89. The molecule has 4 fully saturated rings. The van der Waals surface area contributed by atoms with Crippen molar-refractivity contribution in [2.24, 2.45) is 23.2 Å². The molecule has 0 saturated heterocycles. The van der Waals surface area contributed by atoms with Crippen LogP contribution in [-0.4, -0.2) is 21.5 Å². The zero-order valence-electron chi connectivity index (χ0n) is 18.3. The van der Waals surface area contributed by atoms with Crippen LogP contribution in [0.3, 0.4) is 0 Å². The summed E-state index contributed by atoms with van der Waals surface area (Å²) in [7, 11) is 0. The molecule has 2 N–H and O–H groups in total. The van der Waals surface area contributed by atoms with Crippen molar-refractivity contribution in [3.8, 4) is 0 Å². The van der Waals surface area contributed by atoms with E-state index in [-0.39, 0.29) is 23.2 Å². The van der Waals surface area contributed by atoms with Crippen LogP contribution in [-0.2, 0) is 11.3 Å². The smallest absolute Gasteiger partial charge is 0.328 e. The minimum absolute atomic E-state index is 0.151. The van der Waals surface area contributed by atoms with Crippen LogP contribution in [0.1, 0.15) is 71.1 Å². The second kappa shape index (κ2) is 8.23. The molecule has 0 aromatic carbocycles. The molecule has 4 bridgehead atoms. The van der Waals surface area contributed by atoms with Crippen LogP contribution in [0.25, 0.3) is 10.2 Å². The van der Waals surface area contributed by atoms with Gasteiger partial charge in [-0.15, -0.1) is 11.3 Å². The largest absolute Gasteiger partial charge is 0.353 e. The van der Waals surface area contributed by atoms with E-state index in [0.29, 0.717) is 28.6 Å². The molecule has 2 heterocycles. The number of amides is 1. The molecule has 1 atom stereocenters. The van der Waals surface area contributed by atoms with E-state index in [9.17, 15) is 14.4 Å². The quantitative estimate of drug-likeness (QED) is 0.604. The maximum Gasteiger partial charge on any atom is 0.328 e. The summed E-state index contributed by atoms with van der Waals surface area (Å²) in [6, 6.07) is 2.03. The Morgan fingerprint density at radius 2 is 1.84 bits per heavy atom. The first kappa shape index (κ1) is 21.0. The number of carbonyl (C=O) groups is 1. The fourth-order valence-corrected chi connectivity index (χ4v) is 7.88. The SMILES string of the molecule is C[C@H](NC(=O)CCCCCn1c(=O)[nH]c2ccsc2c1=O)C12CC3CC(CC(C3)C1)C2. The van der Waals surface area contributed by atoms with Gasteiger partial charge in [-0.1, -0.05) is 6.42 Å². The van der Waals surface area contributed by atoms with Gasteiger partial charge < -0.3 is 10.3 Å². The van der Waals surface area contributed by atoms with E-state index in [1.54, 1.807) is 6.07 Å². The van der Waals surface area contributed by atoms with E-state index in [2.05, 4.69) is 17.2 Å². The monoisotopic (exact) mass is 443 g/mol. The highest BCUT2D eigenvalue weighted by Gasteiger charge is 2.53. The van der Waals surface area contributed by atoms with Gasteiger partial charge in [0.05, 0.1) is 5.52 Å². The van der Waals surface area contributed by atoms with Gasteiger partial charge in [0.15, 0.2) is 0 Å². The topological polar surface area (TPSA) is 84.0 Å². The molecular weight excluding hydrogens is 410 g/mol. The molecule has 4 aliphatic rings. The number of thiophene rings is 1. The second-order valence-electron chi connectivity index (χ2n) is 10.4. The zero-order chi connectivity index (χ0) is 21.6. The number of unbranched alkanes of at least 4 members (excludes halogenated alkanes) is 2. The summed E-state index contributed by atoms with van der Waals surface area (Å²) in [4.78, 5) is 40.0. The molecule has 6 rings (SSSR count). The highest BCUT2D eigenvalue weighted by molar-refractivity contribution is 7.17. The summed E-state index contributed by atoms with van der Waals surface area (Å²) in [6.07, 6.45) is 11.0. The normalized spacial score (nSPS) is 30.0. The Morgan fingerprint density at radius 3 is 2.52 bits per heavy atom. The summed E-state index contributed by atoms with van der Waals surface area (Å²) in [5, 5.41) is 5.15. The molecule has 0 spiro atoms. The van der Waals surface area contributed by atoms with Crippen molar-refractivity contribution in [2.75, 3.05) is 0 Å². The first-order valence-electron chi connectivity index (χ1n) is 11.9. The van der Waals surface area contributed by atoms with Gasteiger partial charge in [0.1, 0.15) is 4.70 Å². The average molecular weight is 444 g/mol. The Kier molecular flexibility index (Phi) is 5.57. The highest BCUT2D eigenvalue weighted by Crippen LogP contribution is 2.61. The standard InChI is InChI=1S/C24H33N3O3S/c1-15(24-12-16-9-17(13-24)11-18(10-16)14-24)25-20(28)5-3-2-4-7-27-22(29)21-19(6-8-31-21)26-23(27)30/h6,8,15-18H,2-5,7,9-14H2,1H3,(H,25,28)(H,26,30)/t15-,16?,17?,18?,24?/m0/s1. The van der Waals surface area contributed by atoms with E-state index in [4.69, 9.17) is 0 Å². The number of aromatic amines is 1. The van der Waals surface area contributed by atoms with Crippen molar-refractivity contribution in [3.63, 3.8) is 0 Å². The number of carbonyl (C=O) groups excluding carboxylic acids is 1. The molecule has 0 aliphatic heterocycles. The molecular formula is C24H33N3O3S. The van der Waals surface area contributed by atoms with Gasteiger partial charge in [-0.05, 0) is 92.9 Å². The lowest BCUT2D eigenvalue weighted by atomic mass is 9.48. The Bertz CT molecular complexity index is 1050. The van der Waals surface area contributed by atoms with Gasteiger partial charge in [0, 0.05) is 19.0 Å². The summed E-state index contributed by atoms with van der Waals surface area (Å²) in [6.45, 7) is 2.62. The van der Waals surface area contributed by atoms with E-state index in [1.165, 1.54) is 54.4 Å². The van der Waals surface area contributed by atoms with Crippen molar-refractivity contribution in [2.45, 2.75) is 83.7 Å². The number of hydrogen-bond acceptors (Lipinski definition) is 4. The second-order valence-corrected chi connectivity index (χ2v) is 11.3. The Labute approximate surface area is 186 Å². The molecule has 31 heavy (non-hydrogen) atoms. The number of H-pyrrole nitrogens is 1. The van der Waals surface area contributed by atoms with Crippen LogP contribution in [0.15, 0.2) is 21.0 Å². The van der Waals surface area contributed by atoms with E-state index in [0.717, 1.165) is 37.0 Å². The van der Waals surface area contributed by atoms with E-state index >= 15 is 0 Å². The molecule has 0 unspecified atom stereocenters. The van der Waals surface area contributed by atoms with Gasteiger partial charge in [-0.2, -0.15) is 0 Å². The van der Waals surface area contributed by atoms with Crippen LogP contribution in [0.2, 0.25) is 0 Å². The van der Waals surface area contributed by atoms with Crippen molar-refractivity contribution in [1.82, 2.24) is 14.9 Å². The molecule has 1 amide bonds. The van der Waals surface area contributed by atoms with Crippen LogP contribution < -0.4 is 16.6 Å². The number of nitrogens with one attached hydrogen (secondary N) is 2.